The molecule has 0 aromatic heterocycles. The maximum atomic E-state index is 10.4. The van der Waals surface area contributed by atoms with Crippen LogP contribution in [0.25, 0.3) is 5.76 Å². The fourth-order valence-corrected chi connectivity index (χ4v) is 0.827. The van der Waals surface area contributed by atoms with E-state index in [1.807, 2.05) is 6.07 Å². The van der Waals surface area contributed by atoms with Crippen molar-refractivity contribution in [1.82, 2.24) is 0 Å². The first-order valence-electron chi connectivity index (χ1n) is 3.45. The van der Waals surface area contributed by atoms with E-state index in [0.29, 0.717) is 5.56 Å². The van der Waals surface area contributed by atoms with Crippen molar-refractivity contribution in [1.29, 1.82) is 0 Å². The summed E-state index contributed by atoms with van der Waals surface area (Å²) >= 11 is 0. The van der Waals surface area contributed by atoms with Crippen LogP contribution in [-0.4, -0.2) is 11.0 Å². The lowest BCUT2D eigenvalue weighted by Crippen LogP contribution is -2.06. The van der Waals surface area contributed by atoms with Crippen molar-refractivity contribution in [3.63, 3.8) is 0 Å². The second-order valence-corrected chi connectivity index (χ2v) is 2.30. The summed E-state index contributed by atoms with van der Waals surface area (Å²) in [6.07, 6.45) is 0.981. The van der Waals surface area contributed by atoms with Gasteiger partial charge in [-0.25, -0.2) is 0 Å². The molecule has 0 radical (unpaired) electrons. The fourth-order valence-electron chi connectivity index (χ4n) is 0.827. The van der Waals surface area contributed by atoms with Gasteiger partial charge in [-0.1, -0.05) is 30.3 Å². The van der Waals surface area contributed by atoms with Crippen molar-refractivity contribution in [2.24, 2.45) is 5.73 Å². The van der Waals surface area contributed by atoms with Gasteiger partial charge in [0.15, 0.2) is 0 Å². The van der Waals surface area contributed by atoms with Crippen molar-refractivity contribution >= 4 is 11.7 Å². The Kier molecular flexibility index (Phi) is 2.48. The van der Waals surface area contributed by atoms with Crippen LogP contribution < -0.4 is 5.73 Å². The summed E-state index contributed by atoms with van der Waals surface area (Å²) in [5.74, 6) is -0.764. The monoisotopic (exact) mass is 163 g/mol. The Bertz CT molecular complexity index is 304. The molecule has 0 atom stereocenters. The number of benzene rings is 1. The molecule has 0 heterocycles. The number of carbonyl (C=O) groups is 1. The van der Waals surface area contributed by atoms with Gasteiger partial charge < -0.3 is 10.8 Å². The summed E-state index contributed by atoms with van der Waals surface area (Å²) < 4.78 is 0. The zero-order chi connectivity index (χ0) is 8.97. The van der Waals surface area contributed by atoms with E-state index in [1.54, 1.807) is 24.3 Å². The normalized spacial score (nSPS) is 11.2. The highest BCUT2D eigenvalue weighted by molar-refractivity contribution is 5.92. The van der Waals surface area contributed by atoms with Gasteiger partial charge in [-0.05, 0) is 0 Å². The van der Waals surface area contributed by atoms with Gasteiger partial charge in [0.05, 0.1) is 0 Å². The molecule has 62 valence electrons. The molecule has 0 fully saturated rings. The highest BCUT2D eigenvalue weighted by Crippen LogP contribution is 2.08. The zero-order valence-electron chi connectivity index (χ0n) is 6.40. The van der Waals surface area contributed by atoms with Crippen molar-refractivity contribution in [3.05, 3.63) is 42.0 Å². The third kappa shape index (κ3) is 2.12. The van der Waals surface area contributed by atoms with Gasteiger partial charge in [0, 0.05) is 11.6 Å². The summed E-state index contributed by atoms with van der Waals surface area (Å²) in [4.78, 5) is 10.4. The van der Waals surface area contributed by atoms with E-state index in [-0.39, 0.29) is 5.76 Å². The first-order valence-corrected chi connectivity index (χ1v) is 3.45. The number of aliphatic hydroxyl groups is 1. The van der Waals surface area contributed by atoms with Crippen LogP contribution in [0.3, 0.4) is 0 Å². The predicted molar refractivity (Wildman–Crippen MR) is 46.2 cm³/mol. The molecule has 0 saturated heterocycles. The number of hydrogen-bond donors (Lipinski definition) is 2. The van der Waals surface area contributed by atoms with Crippen LogP contribution in [-0.2, 0) is 4.79 Å². The van der Waals surface area contributed by atoms with Crippen LogP contribution in [0, 0.1) is 0 Å². The zero-order valence-corrected chi connectivity index (χ0v) is 6.40. The summed E-state index contributed by atoms with van der Waals surface area (Å²) in [5, 5.41) is 9.25. The smallest absolute Gasteiger partial charge is 0.245 e. The van der Waals surface area contributed by atoms with Crippen molar-refractivity contribution in [3.8, 4) is 0 Å². The van der Waals surface area contributed by atoms with Crippen LogP contribution in [0.4, 0.5) is 0 Å². The highest BCUT2D eigenvalue weighted by Gasteiger charge is 1.97. The average molecular weight is 163 g/mol. The van der Waals surface area contributed by atoms with Crippen LogP contribution in [0.2, 0.25) is 0 Å². The van der Waals surface area contributed by atoms with Crippen molar-refractivity contribution < 1.29 is 9.90 Å². The maximum Gasteiger partial charge on any atom is 0.245 e. The maximum absolute atomic E-state index is 10.4. The van der Waals surface area contributed by atoms with E-state index >= 15 is 0 Å². The Morgan fingerprint density at radius 2 is 1.92 bits per heavy atom. The summed E-state index contributed by atoms with van der Waals surface area (Å²) in [5.41, 5.74) is 5.44. The minimum absolute atomic E-state index is 0.108. The average Bonchev–Trinajstić information content (AvgIpc) is 2.05. The highest BCUT2D eigenvalue weighted by atomic mass is 16.3. The second kappa shape index (κ2) is 3.57. The molecule has 12 heavy (non-hydrogen) atoms. The molecule has 0 bridgehead atoms. The number of aliphatic hydroxyl groups excluding tert-OH is 1. The van der Waals surface area contributed by atoms with E-state index in [2.05, 4.69) is 0 Å². The molecule has 0 aliphatic heterocycles. The van der Waals surface area contributed by atoms with E-state index in [0.717, 1.165) is 6.08 Å². The lowest BCUT2D eigenvalue weighted by atomic mass is 10.2. The molecular weight excluding hydrogens is 154 g/mol. The molecule has 0 spiro atoms. The molecule has 1 amide bonds. The minimum atomic E-state index is -0.656. The van der Waals surface area contributed by atoms with Crippen LogP contribution >= 0.6 is 0 Å². The van der Waals surface area contributed by atoms with Gasteiger partial charge in [0.2, 0.25) is 5.91 Å². The molecule has 1 aromatic carbocycles. The Morgan fingerprint density at radius 3 is 2.42 bits per heavy atom. The fraction of sp³-hybridized carbons (Fsp3) is 0. The molecule has 0 saturated carbocycles. The van der Waals surface area contributed by atoms with Crippen LogP contribution in [0.5, 0.6) is 0 Å². The number of amides is 1. The van der Waals surface area contributed by atoms with Gasteiger partial charge >= 0.3 is 0 Å². The Morgan fingerprint density at radius 1 is 1.33 bits per heavy atom. The second-order valence-electron chi connectivity index (χ2n) is 2.30. The minimum Gasteiger partial charge on any atom is -0.507 e. The molecule has 0 unspecified atom stereocenters. The Labute approximate surface area is 70.1 Å². The molecular formula is C9H9NO2. The first kappa shape index (κ1) is 8.33. The molecule has 0 aliphatic rings. The van der Waals surface area contributed by atoms with Crippen LogP contribution in [0.1, 0.15) is 5.56 Å². The van der Waals surface area contributed by atoms with E-state index in [9.17, 15) is 9.90 Å². The molecule has 3 heteroatoms. The Balaban J connectivity index is 2.93. The van der Waals surface area contributed by atoms with E-state index in [4.69, 9.17) is 5.73 Å². The number of rotatable bonds is 2. The molecule has 0 aliphatic carbocycles. The van der Waals surface area contributed by atoms with E-state index < -0.39 is 5.91 Å². The molecule has 1 rings (SSSR count). The van der Waals surface area contributed by atoms with Crippen molar-refractivity contribution in [2.45, 2.75) is 0 Å². The van der Waals surface area contributed by atoms with Gasteiger partial charge in [0.25, 0.3) is 0 Å². The van der Waals surface area contributed by atoms with Gasteiger partial charge in [-0.2, -0.15) is 0 Å². The summed E-state index contributed by atoms with van der Waals surface area (Å²) in [6, 6.07) is 8.73. The van der Waals surface area contributed by atoms with Crippen LogP contribution in [0.15, 0.2) is 36.4 Å². The van der Waals surface area contributed by atoms with Crippen molar-refractivity contribution in [2.75, 3.05) is 0 Å². The SMILES string of the molecule is NC(=O)/C=C(\O)c1ccccc1. The molecule has 3 N–H and O–H groups in total. The lowest BCUT2D eigenvalue weighted by molar-refractivity contribution is -0.113. The predicted octanol–water partition coefficient (Wildman–Crippen LogP) is 1.07. The van der Waals surface area contributed by atoms with E-state index in [1.165, 1.54) is 0 Å². The topological polar surface area (TPSA) is 63.3 Å². The number of hydrogen-bond acceptors (Lipinski definition) is 2. The lowest BCUT2D eigenvalue weighted by Gasteiger charge is -1.96. The Hall–Kier alpha value is -1.77. The largest absolute Gasteiger partial charge is 0.507 e. The van der Waals surface area contributed by atoms with Gasteiger partial charge in [-0.3, -0.25) is 4.79 Å². The first-order chi connectivity index (χ1) is 5.70. The molecule has 1 aromatic rings. The standard InChI is InChI=1S/C9H9NO2/c10-9(12)6-8(11)7-4-2-1-3-5-7/h1-6,11H,(H2,10,12)/b8-6-. The number of primary amides is 1. The van der Waals surface area contributed by atoms with Gasteiger partial charge in [0.1, 0.15) is 5.76 Å². The third-order valence-electron chi connectivity index (χ3n) is 1.35. The number of nitrogens with two attached hydrogens (primary N) is 1. The summed E-state index contributed by atoms with van der Waals surface area (Å²) in [6.45, 7) is 0. The number of carbonyl (C=O) groups excluding carboxylic acids is 1. The quantitative estimate of drug-likeness (QED) is 0.506. The summed E-state index contributed by atoms with van der Waals surface area (Å²) in [7, 11) is 0. The van der Waals surface area contributed by atoms with Gasteiger partial charge in [-0.15, -0.1) is 0 Å². The third-order valence-corrected chi connectivity index (χ3v) is 1.35. The molecule has 3 nitrogen and oxygen atoms in total.